The number of fused-ring (bicyclic) bond motifs is 2. The molecule has 0 radical (unpaired) electrons. The maximum absolute atomic E-state index is 13.2. The van der Waals surface area contributed by atoms with Gasteiger partial charge in [-0.05, 0) is 68.5 Å². The van der Waals surface area contributed by atoms with Crippen LogP contribution in [0, 0.1) is 0 Å². The van der Waals surface area contributed by atoms with Crippen molar-refractivity contribution in [3.63, 3.8) is 0 Å². The van der Waals surface area contributed by atoms with Gasteiger partial charge < -0.3 is 45.6 Å². The summed E-state index contributed by atoms with van der Waals surface area (Å²) in [6, 6.07) is 9.77. The van der Waals surface area contributed by atoms with Crippen molar-refractivity contribution in [1.82, 2.24) is 30.8 Å². The van der Waals surface area contributed by atoms with Gasteiger partial charge >= 0.3 is 0 Å². The third-order valence-electron chi connectivity index (χ3n) is 11.9. The standard InChI is InChI=1S/C43H56N10O8/c1-4-32-42(59)51(2)34-24-46-43(50-38(34)53(32)27-9-5-6-10-27)48-31-15-14-26(23-35(31)60-3)39(56)45-20-22-61-21-19-44-18-8-13-36(54)47-30-12-7-11-28-29(30)25-52(41(28)58)33-16-17-37(55)49-40(33)57/h7,11-12,14-15,23-24,27,32-33,41,44,58H,4-6,8-10,13,16-22,25H2,1-3H3,(H,45,56)(H,47,54)(H,46,48,50)(H,49,55,57)/t32-,33?,41?/m1/s1. The lowest BCUT2D eigenvalue weighted by Gasteiger charge is -2.43. The third kappa shape index (κ3) is 9.77. The van der Waals surface area contributed by atoms with Crippen molar-refractivity contribution in [3.8, 4) is 5.75 Å². The summed E-state index contributed by atoms with van der Waals surface area (Å²) in [5.74, 6) is 0.435. The van der Waals surface area contributed by atoms with E-state index >= 15 is 0 Å². The van der Waals surface area contributed by atoms with Crippen LogP contribution in [0.15, 0.2) is 42.6 Å². The molecule has 3 aliphatic heterocycles. The van der Waals surface area contributed by atoms with Crippen molar-refractivity contribution >= 4 is 58.4 Å². The van der Waals surface area contributed by atoms with Gasteiger partial charge in [-0.2, -0.15) is 4.98 Å². The number of anilines is 5. The fourth-order valence-electron chi connectivity index (χ4n) is 8.66. The number of likely N-dealkylation sites (N-methyl/N-ethyl adjacent to an activating group) is 1. The number of rotatable bonds is 18. The minimum Gasteiger partial charge on any atom is -0.495 e. The van der Waals surface area contributed by atoms with Gasteiger partial charge in [-0.25, -0.2) is 4.98 Å². The molecule has 18 nitrogen and oxygen atoms in total. The van der Waals surface area contributed by atoms with E-state index < -0.39 is 18.2 Å². The highest BCUT2D eigenvalue weighted by Gasteiger charge is 2.42. The molecule has 6 N–H and O–H groups in total. The van der Waals surface area contributed by atoms with Crippen molar-refractivity contribution in [2.24, 2.45) is 0 Å². The number of imide groups is 1. The van der Waals surface area contributed by atoms with Crippen LogP contribution in [0.2, 0.25) is 0 Å². The van der Waals surface area contributed by atoms with E-state index in [-0.39, 0.29) is 55.1 Å². The number of aromatic nitrogens is 2. The number of aliphatic hydroxyl groups is 1. The van der Waals surface area contributed by atoms with Crippen LogP contribution >= 0.6 is 0 Å². The van der Waals surface area contributed by atoms with E-state index in [1.54, 1.807) is 59.4 Å². The SMILES string of the molecule is CC[C@@H]1C(=O)N(C)c2cnc(Nc3ccc(C(=O)NCCOCCNCCCC(=O)Nc4cccc5c4CN(C4CCC(=O)NC4=O)C5O)cc3OC)nc2N1C1CCCC1. The Balaban J connectivity index is 0.800. The molecular weight excluding hydrogens is 785 g/mol. The summed E-state index contributed by atoms with van der Waals surface area (Å²) in [4.78, 5) is 78.0. The Bertz CT molecular complexity index is 2110. The van der Waals surface area contributed by atoms with E-state index in [0.29, 0.717) is 92.0 Å². The Kier molecular flexibility index (Phi) is 14.1. The van der Waals surface area contributed by atoms with Gasteiger partial charge in [0.05, 0.1) is 38.2 Å². The molecule has 2 fully saturated rings. The van der Waals surface area contributed by atoms with E-state index in [9.17, 15) is 29.1 Å². The van der Waals surface area contributed by atoms with Crippen LogP contribution in [-0.2, 0) is 30.5 Å². The van der Waals surface area contributed by atoms with Crippen molar-refractivity contribution in [3.05, 3.63) is 59.3 Å². The summed E-state index contributed by atoms with van der Waals surface area (Å²) < 4.78 is 11.3. The van der Waals surface area contributed by atoms with Crippen molar-refractivity contribution in [2.45, 2.75) is 95.6 Å². The van der Waals surface area contributed by atoms with E-state index in [4.69, 9.17) is 14.5 Å². The molecule has 0 spiro atoms. The topological polar surface area (TPSA) is 220 Å². The maximum Gasteiger partial charge on any atom is 0.251 e. The molecular formula is C43H56N10O8. The first-order valence-corrected chi connectivity index (χ1v) is 21.2. The highest BCUT2D eigenvalue weighted by atomic mass is 16.5. The smallest absolute Gasteiger partial charge is 0.251 e. The molecule has 2 unspecified atom stereocenters. The number of benzene rings is 2. The monoisotopic (exact) mass is 840 g/mol. The zero-order valence-corrected chi connectivity index (χ0v) is 35.0. The molecule has 4 heterocycles. The van der Waals surface area contributed by atoms with Gasteiger partial charge in [0.1, 0.15) is 23.7 Å². The van der Waals surface area contributed by atoms with Crippen LogP contribution in [0.5, 0.6) is 5.75 Å². The van der Waals surface area contributed by atoms with Gasteiger partial charge in [-0.3, -0.25) is 34.2 Å². The first-order valence-electron chi connectivity index (χ1n) is 21.2. The van der Waals surface area contributed by atoms with Gasteiger partial charge in [0.2, 0.25) is 29.6 Å². The number of amides is 5. The predicted molar refractivity (Wildman–Crippen MR) is 228 cm³/mol. The average Bonchev–Trinajstić information content (AvgIpc) is 3.91. The molecule has 1 aromatic heterocycles. The van der Waals surface area contributed by atoms with Gasteiger partial charge in [0, 0.05) is 62.4 Å². The molecule has 7 rings (SSSR count). The van der Waals surface area contributed by atoms with E-state index in [1.807, 2.05) is 6.92 Å². The molecule has 2 aromatic carbocycles. The minimum absolute atomic E-state index is 0.0543. The average molecular weight is 841 g/mol. The summed E-state index contributed by atoms with van der Waals surface area (Å²) in [6.45, 7) is 4.53. The fraction of sp³-hybridized carbons (Fsp3) is 0.512. The van der Waals surface area contributed by atoms with Crippen LogP contribution < -0.4 is 41.1 Å². The van der Waals surface area contributed by atoms with Crippen LogP contribution in [0.25, 0.3) is 0 Å². The Morgan fingerprint density at radius 2 is 1.82 bits per heavy atom. The number of ether oxygens (including phenoxy) is 2. The highest BCUT2D eigenvalue weighted by molar-refractivity contribution is 6.04. The molecule has 4 aliphatic rings. The second-order valence-corrected chi connectivity index (χ2v) is 15.8. The minimum atomic E-state index is -1.01. The molecule has 61 heavy (non-hydrogen) atoms. The number of carbonyl (C=O) groups excluding carboxylic acids is 5. The van der Waals surface area contributed by atoms with Crippen LogP contribution in [0.4, 0.5) is 28.8 Å². The quantitative estimate of drug-likeness (QED) is 0.0802. The van der Waals surface area contributed by atoms with Crippen molar-refractivity contribution in [1.29, 1.82) is 0 Å². The number of aliphatic hydroxyl groups excluding tert-OH is 1. The molecule has 18 heteroatoms. The number of methoxy groups -OCH3 is 1. The van der Waals surface area contributed by atoms with Gasteiger partial charge in [0.15, 0.2) is 5.82 Å². The molecule has 3 aromatic rings. The summed E-state index contributed by atoms with van der Waals surface area (Å²) in [5, 5.41) is 25.6. The number of nitrogens with one attached hydrogen (secondary N) is 5. The van der Waals surface area contributed by atoms with E-state index in [1.165, 1.54) is 7.11 Å². The van der Waals surface area contributed by atoms with Gasteiger partial charge in [0.25, 0.3) is 5.91 Å². The summed E-state index contributed by atoms with van der Waals surface area (Å²) in [7, 11) is 3.30. The molecule has 5 amide bonds. The second kappa shape index (κ2) is 19.8. The van der Waals surface area contributed by atoms with E-state index in [2.05, 4.69) is 36.5 Å². The molecule has 1 saturated heterocycles. The zero-order valence-electron chi connectivity index (χ0n) is 35.0. The number of piperidine rings is 1. The number of hydrogen-bond donors (Lipinski definition) is 6. The van der Waals surface area contributed by atoms with Crippen LogP contribution in [0.3, 0.4) is 0 Å². The lowest BCUT2D eigenvalue weighted by molar-refractivity contribution is -0.141. The summed E-state index contributed by atoms with van der Waals surface area (Å²) in [6.07, 6.45) is 7.09. The first kappa shape index (κ1) is 43.4. The second-order valence-electron chi connectivity index (χ2n) is 15.8. The molecule has 1 aliphatic carbocycles. The molecule has 1 saturated carbocycles. The lowest BCUT2D eigenvalue weighted by atomic mass is 10.0. The zero-order chi connectivity index (χ0) is 43.0. The predicted octanol–water partition coefficient (Wildman–Crippen LogP) is 3.10. The number of hydrogen-bond acceptors (Lipinski definition) is 14. The highest BCUT2D eigenvalue weighted by Crippen LogP contribution is 2.41. The first-order chi connectivity index (χ1) is 29.6. The van der Waals surface area contributed by atoms with Gasteiger partial charge in [-0.15, -0.1) is 0 Å². The third-order valence-corrected chi connectivity index (χ3v) is 11.9. The Hall–Kier alpha value is -5.69. The maximum atomic E-state index is 13.2. The molecule has 3 atom stereocenters. The number of nitrogens with zero attached hydrogens (tertiary/aromatic N) is 5. The van der Waals surface area contributed by atoms with Crippen LogP contribution in [-0.4, -0.2) is 115 Å². The lowest BCUT2D eigenvalue weighted by Crippen LogP contribution is -2.55. The molecule has 326 valence electrons. The van der Waals surface area contributed by atoms with E-state index in [0.717, 1.165) is 37.1 Å². The Morgan fingerprint density at radius 3 is 2.59 bits per heavy atom. The Labute approximate surface area is 355 Å². The normalized spacial score (nSPS) is 20.3. The summed E-state index contributed by atoms with van der Waals surface area (Å²) in [5.41, 5.74) is 3.68. The Morgan fingerprint density at radius 1 is 1.02 bits per heavy atom. The van der Waals surface area contributed by atoms with Crippen LogP contribution in [0.1, 0.15) is 92.4 Å². The van der Waals surface area contributed by atoms with Gasteiger partial charge in [-0.1, -0.05) is 31.9 Å². The largest absolute Gasteiger partial charge is 0.495 e. The fourth-order valence-corrected chi connectivity index (χ4v) is 8.66. The number of carbonyl (C=O) groups is 5. The van der Waals surface area contributed by atoms with Crippen molar-refractivity contribution < 1.29 is 38.6 Å². The molecule has 0 bridgehead atoms. The summed E-state index contributed by atoms with van der Waals surface area (Å²) >= 11 is 0. The van der Waals surface area contributed by atoms with Crippen molar-refractivity contribution in [2.75, 3.05) is 67.4 Å².